The zero-order chi connectivity index (χ0) is 45.3. The van der Waals surface area contributed by atoms with E-state index >= 15 is 0 Å². The first-order valence-electron chi connectivity index (χ1n) is 22.3. The molecule has 0 amide bonds. The number of anilines is 3. The molecule has 9 aromatic rings. The van der Waals surface area contributed by atoms with Crippen molar-refractivity contribution in [3.8, 4) is 0 Å². The van der Waals surface area contributed by atoms with Gasteiger partial charge in [0.2, 0.25) is 0 Å². The van der Waals surface area contributed by atoms with Crippen LogP contribution in [0.5, 0.6) is 0 Å². The van der Waals surface area contributed by atoms with Gasteiger partial charge in [-0.3, -0.25) is 15.0 Å². The molecule has 3 aromatic heterocycles. The summed E-state index contributed by atoms with van der Waals surface area (Å²) in [5.74, 6) is 0. The van der Waals surface area contributed by atoms with Gasteiger partial charge in [-0.15, -0.1) is 0 Å². The van der Waals surface area contributed by atoms with Gasteiger partial charge in [0.1, 0.15) is 0 Å². The van der Waals surface area contributed by atoms with Gasteiger partial charge in [0, 0.05) is 54.2 Å². The molecule has 0 spiro atoms. The molecule has 0 saturated heterocycles. The highest BCUT2D eigenvalue weighted by molar-refractivity contribution is 5.81. The molecular weight excluding hydrogens is 813 g/mol. The lowest BCUT2D eigenvalue weighted by Crippen LogP contribution is -2.09. The molecule has 67 heavy (non-hydrogen) atoms. The standard InChI is InChI=1S/C63H48N4/c1-7-52(19-22-58-37-43-64-44-38-58)8-2-49(1)13-16-55-25-31-61(32-26-55)67(62-33-27-56(28-34-62)17-14-50-3-9-53(10-4-50)20-23-59-39-45-65-46-40-59)63-35-29-57(30-36-63)18-15-51-5-11-54(12-6-51)21-24-60-41-47-66-48-42-60/h1-48H/b16-13+,17-14+,18-15+,22-19+,23-20+,24-21+. The lowest BCUT2D eigenvalue weighted by atomic mass is 10.1. The Labute approximate surface area is 394 Å². The van der Waals surface area contributed by atoms with Gasteiger partial charge >= 0.3 is 0 Å². The first-order valence-corrected chi connectivity index (χ1v) is 22.3. The van der Waals surface area contributed by atoms with Crippen molar-refractivity contribution >= 4 is 90.0 Å². The maximum absolute atomic E-state index is 4.10. The zero-order valence-electron chi connectivity index (χ0n) is 37.0. The lowest BCUT2D eigenvalue weighted by molar-refractivity contribution is 1.28. The number of pyridine rings is 3. The van der Waals surface area contributed by atoms with Gasteiger partial charge in [-0.2, -0.15) is 0 Å². The van der Waals surface area contributed by atoms with Crippen molar-refractivity contribution in [2.45, 2.75) is 0 Å². The summed E-state index contributed by atoms with van der Waals surface area (Å²) < 4.78 is 0. The molecule has 0 aliphatic rings. The predicted octanol–water partition coefficient (Wildman–Crippen LogP) is 16.4. The summed E-state index contributed by atoms with van der Waals surface area (Å²) in [5, 5.41) is 0. The molecule has 0 N–H and O–H groups in total. The van der Waals surface area contributed by atoms with Crippen molar-refractivity contribution in [2.24, 2.45) is 0 Å². The largest absolute Gasteiger partial charge is 0.311 e. The highest BCUT2D eigenvalue weighted by Crippen LogP contribution is 2.35. The highest BCUT2D eigenvalue weighted by Gasteiger charge is 2.12. The van der Waals surface area contributed by atoms with Crippen LogP contribution in [0, 0.1) is 0 Å². The van der Waals surface area contributed by atoms with E-state index in [0.717, 1.165) is 83.8 Å². The monoisotopic (exact) mass is 860 g/mol. The molecule has 9 rings (SSSR count). The van der Waals surface area contributed by atoms with Gasteiger partial charge in [-0.05, 0) is 140 Å². The van der Waals surface area contributed by atoms with Crippen molar-refractivity contribution < 1.29 is 0 Å². The second kappa shape index (κ2) is 22.1. The smallest absolute Gasteiger partial charge is 0.0462 e. The van der Waals surface area contributed by atoms with E-state index in [1.165, 1.54) is 0 Å². The molecule has 6 aromatic carbocycles. The molecule has 0 atom stereocenters. The van der Waals surface area contributed by atoms with E-state index in [4.69, 9.17) is 0 Å². The Balaban J connectivity index is 0.905. The molecule has 0 unspecified atom stereocenters. The number of hydrogen-bond donors (Lipinski definition) is 0. The Morgan fingerprint density at radius 1 is 0.179 bits per heavy atom. The van der Waals surface area contributed by atoms with Crippen LogP contribution in [0.25, 0.3) is 72.9 Å². The van der Waals surface area contributed by atoms with Gasteiger partial charge in [-0.25, -0.2) is 0 Å². The summed E-state index contributed by atoms with van der Waals surface area (Å²) in [5.41, 5.74) is 16.9. The first-order chi connectivity index (χ1) is 33.1. The Morgan fingerprint density at radius 2 is 0.313 bits per heavy atom. The molecule has 0 saturated carbocycles. The topological polar surface area (TPSA) is 41.9 Å². The average molecular weight is 861 g/mol. The van der Waals surface area contributed by atoms with Gasteiger partial charge in [-0.1, -0.05) is 182 Å². The molecule has 0 radical (unpaired) electrons. The van der Waals surface area contributed by atoms with Crippen molar-refractivity contribution in [1.82, 2.24) is 15.0 Å². The third-order valence-electron chi connectivity index (χ3n) is 11.2. The second-order valence-corrected chi connectivity index (χ2v) is 16.0. The second-order valence-electron chi connectivity index (χ2n) is 16.0. The van der Waals surface area contributed by atoms with E-state index < -0.39 is 0 Å². The van der Waals surface area contributed by atoms with Gasteiger partial charge in [0.25, 0.3) is 0 Å². The molecule has 0 aliphatic heterocycles. The Morgan fingerprint density at radius 3 is 0.478 bits per heavy atom. The van der Waals surface area contributed by atoms with Crippen LogP contribution >= 0.6 is 0 Å². The molecule has 0 fully saturated rings. The van der Waals surface area contributed by atoms with Crippen LogP contribution in [-0.2, 0) is 0 Å². The van der Waals surface area contributed by atoms with Crippen LogP contribution < -0.4 is 4.90 Å². The number of benzene rings is 6. The zero-order valence-corrected chi connectivity index (χ0v) is 37.0. The molecule has 4 heteroatoms. The van der Waals surface area contributed by atoms with Crippen molar-refractivity contribution in [1.29, 1.82) is 0 Å². The fraction of sp³-hybridized carbons (Fsp3) is 0. The van der Waals surface area contributed by atoms with E-state index in [9.17, 15) is 0 Å². The predicted molar refractivity (Wildman–Crippen MR) is 287 cm³/mol. The summed E-state index contributed by atoms with van der Waals surface area (Å²) in [6.45, 7) is 0. The molecule has 0 aliphatic carbocycles. The fourth-order valence-electron chi connectivity index (χ4n) is 7.38. The normalized spacial score (nSPS) is 11.8. The number of aromatic nitrogens is 3. The van der Waals surface area contributed by atoms with E-state index in [0.29, 0.717) is 0 Å². The molecule has 320 valence electrons. The molecule has 3 heterocycles. The minimum atomic E-state index is 1.07. The van der Waals surface area contributed by atoms with Crippen molar-refractivity contribution in [2.75, 3.05) is 4.90 Å². The summed E-state index contributed by atoms with van der Waals surface area (Å²) >= 11 is 0. The summed E-state index contributed by atoms with van der Waals surface area (Å²) in [6.07, 6.45) is 36.5. The highest BCUT2D eigenvalue weighted by atomic mass is 15.1. The summed E-state index contributed by atoms with van der Waals surface area (Å²) in [6, 6.07) is 64.0. The quantitative estimate of drug-likeness (QED) is 0.0963. The number of rotatable bonds is 15. The van der Waals surface area contributed by atoms with Gasteiger partial charge < -0.3 is 4.90 Å². The molecule has 0 bridgehead atoms. The van der Waals surface area contributed by atoms with Crippen LogP contribution in [0.3, 0.4) is 0 Å². The van der Waals surface area contributed by atoms with Crippen LogP contribution in [0.15, 0.2) is 219 Å². The maximum Gasteiger partial charge on any atom is 0.0462 e. The fourth-order valence-corrected chi connectivity index (χ4v) is 7.38. The van der Waals surface area contributed by atoms with Crippen LogP contribution in [0.1, 0.15) is 66.8 Å². The SMILES string of the molecule is C(=C\c1ccc(/C=C/c2ccc(N(c3ccc(/C=C/c4ccc(/C=C/c5ccncc5)cc4)cc3)c3ccc(/C=C/c4ccc(/C=C/c5ccncc5)cc4)cc3)cc2)cc1)/c1ccncc1. The number of hydrogen-bond acceptors (Lipinski definition) is 4. The molecular formula is C63H48N4. The van der Waals surface area contributed by atoms with E-state index in [-0.39, 0.29) is 0 Å². The van der Waals surface area contributed by atoms with Gasteiger partial charge in [0.15, 0.2) is 0 Å². The Kier molecular flexibility index (Phi) is 14.3. The summed E-state index contributed by atoms with van der Waals surface area (Å²) in [4.78, 5) is 14.6. The average Bonchev–Trinajstić information content (AvgIpc) is 3.40. The van der Waals surface area contributed by atoms with Crippen LogP contribution in [0.4, 0.5) is 17.1 Å². The minimum Gasteiger partial charge on any atom is -0.311 e. The third-order valence-corrected chi connectivity index (χ3v) is 11.2. The Hall–Kier alpha value is -8.99. The maximum atomic E-state index is 4.10. The molecule has 4 nitrogen and oxygen atoms in total. The van der Waals surface area contributed by atoms with E-state index in [2.05, 4.69) is 238 Å². The van der Waals surface area contributed by atoms with Crippen molar-refractivity contribution in [3.05, 3.63) is 286 Å². The number of nitrogens with zero attached hydrogens (tertiary/aromatic N) is 4. The van der Waals surface area contributed by atoms with Crippen molar-refractivity contribution in [3.63, 3.8) is 0 Å². The third kappa shape index (κ3) is 12.6. The van der Waals surface area contributed by atoms with Gasteiger partial charge in [0.05, 0.1) is 0 Å². The van der Waals surface area contributed by atoms with E-state index in [1.807, 2.05) is 73.6 Å². The first kappa shape index (κ1) is 43.3. The van der Waals surface area contributed by atoms with Crippen LogP contribution in [0.2, 0.25) is 0 Å². The lowest BCUT2D eigenvalue weighted by Gasteiger charge is -2.26. The van der Waals surface area contributed by atoms with E-state index in [1.54, 1.807) is 0 Å². The van der Waals surface area contributed by atoms with Crippen LogP contribution in [-0.4, -0.2) is 15.0 Å². The Bertz CT molecular complexity index is 2780. The summed E-state index contributed by atoms with van der Waals surface area (Å²) in [7, 11) is 0. The minimum absolute atomic E-state index is 1.07.